The van der Waals surface area contributed by atoms with Crippen LogP contribution in [0.2, 0.25) is 0 Å². The summed E-state index contributed by atoms with van der Waals surface area (Å²) in [7, 11) is 1.73. The third kappa shape index (κ3) is 2.72. The third-order valence-corrected chi connectivity index (χ3v) is 4.42. The highest BCUT2D eigenvalue weighted by Crippen LogP contribution is 2.43. The molecule has 1 N–H and O–H groups in total. The standard InChI is InChI=1S/C15H22BrNO/c1-4-7-17-14-6-5-10(2)15-12(14)8-11(18-3)9-13(15)16/h8-10,14,17H,4-7H2,1-3H3. The Morgan fingerprint density at radius 2 is 2.17 bits per heavy atom. The van der Waals surface area contributed by atoms with Crippen LogP contribution in [0.25, 0.3) is 0 Å². The molecule has 2 atom stereocenters. The second-order valence-electron chi connectivity index (χ2n) is 5.10. The van der Waals surface area contributed by atoms with Gasteiger partial charge in [-0.05, 0) is 55.0 Å². The molecule has 100 valence electrons. The van der Waals surface area contributed by atoms with Crippen molar-refractivity contribution < 1.29 is 4.74 Å². The Hall–Kier alpha value is -0.540. The van der Waals surface area contributed by atoms with Crippen LogP contribution >= 0.6 is 15.9 Å². The van der Waals surface area contributed by atoms with Crippen molar-refractivity contribution in [1.82, 2.24) is 5.32 Å². The highest BCUT2D eigenvalue weighted by atomic mass is 79.9. The smallest absolute Gasteiger partial charge is 0.120 e. The Labute approximate surface area is 118 Å². The molecule has 0 radical (unpaired) electrons. The lowest BCUT2D eigenvalue weighted by molar-refractivity contribution is 0.403. The maximum absolute atomic E-state index is 5.39. The molecule has 0 aromatic heterocycles. The predicted molar refractivity (Wildman–Crippen MR) is 79.4 cm³/mol. The van der Waals surface area contributed by atoms with Gasteiger partial charge >= 0.3 is 0 Å². The minimum absolute atomic E-state index is 0.475. The zero-order valence-corrected chi connectivity index (χ0v) is 13.0. The molecule has 0 saturated heterocycles. The summed E-state index contributed by atoms with van der Waals surface area (Å²) in [6, 6.07) is 4.75. The SMILES string of the molecule is CCCNC1CCC(C)c2c(Br)cc(OC)cc21. The number of halogens is 1. The maximum Gasteiger partial charge on any atom is 0.120 e. The number of benzene rings is 1. The molecule has 0 aliphatic heterocycles. The average Bonchev–Trinajstić information content (AvgIpc) is 2.37. The van der Waals surface area contributed by atoms with E-state index in [1.807, 2.05) is 0 Å². The molecule has 0 saturated carbocycles. The highest BCUT2D eigenvalue weighted by molar-refractivity contribution is 9.10. The van der Waals surface area contributed by atoms with Crippen LogP contribution in [0.3, 0.4) is 0 Å². The number of hydrogen-bond acceptors (Lipinski definition) is 2. The van der Waals surface area contributed by atoms with E-state index in [2.05, 4.69) is 47.2 Å². The normalized spacial score (nSPS) is 22.7. The van der Waals surface area contributed by atoms with E-state index < -0.39 is 0 Å². The number of nitrogens with one attached hydrogen (secondary N) is 1. The van der Waals surface area contributed by atoms with Crippen molar-refractivity contribution in [3.63, 3.8) is 0 Å². The van der Waals surface area contributed by atoms with Crippen LogP contribution in [0.5, 0.6) is 5.75 Å². The van der Waals surface area contributed by atoms with Crippen LogP contribution in [0, 0.1) is 0 Å². The van der Waals surface area contributed by atoms with Gasteiger partial charge in [0.1, 0.15) is 5.75 Å². The van der Waals surface area contributed by atoms with E-state index in [-0.39, 0.29) is 0 Å². The van der Waals surface area contributed by atoms with Crippen molar-refractivity contribution in [2.75, 3.05) is 13.7 Å². The molecule has 1 aromatic rings. The van der Waals surface area contributed by atoms with Gasteiger partial charge in [0.05, 0.1) is 7.11 Å². The van der Waals surface area contributed by atoms with E-state index in [1.165, 1.54) is 34.9 Å². The van der Waals surface area contributed by atoms with E-state index >= 15 is 0 Å². The summed E-state index contributed by atoms with van der Waals surface area (Å²) in [5.74, 6) is 1.57. The molecule has 2 unspecified atom stereocenters. The monoisotopic (exact) mass is 311 g/mol. The van der Waals surface area contributed by atoms with Crippen molar-refractivity contribution in [1.29, 1.82) is 0 Å². The molecule has 0 fully saturated rings. The van der Waals surface area contributed by atoms with Gasteiger partial charge in [-0.2, -0.15) is 0 Å². The van der Waals surface area contributed by atoms with E-state index in [9.17, 15) is 0 Å². The zero-order chi connectivity index (χ0) is 13.1. The Bertz CT molecular complexity index is 419. The second-order valence-corrected chi connectivity index (χ2v) is 5.95. The molecule has 0 spiro atoms. The van der Waals surface area contributed by atoms with Crippen molar-refractivity contribution >= 4 is 15.9 Å². The van der Waals surface area contributed by atoms with E-state index in [1.54, 1.807) is 7.11 Å². The largest absolute Gasteiger partial charge is 0.497 e. The van der Waals surface area contributed by atoms with Crippen LogP contribution in [-0.2, 0) is 0 Å². The van der Waals surface area contributed by atoms with Gasteiger partial charge in [-0.25, -0.2) is 0 Å². The van der Waals surface area contributed by atoms with Crippen molar-refractivity contribution in [2.24, 2.45) is 0 Å². The summed E-state index contributed by atoms with van der Waals surface area (Å²) in [6.07, 6.45) is 3.64. The fraction of sp³-hybridized carbons (Fsp3) is 0.600. The number of rotatable bonds is 4. The molecular formula is C15H22BrNO. The Morgan fingerprint density at radius 1 is 1.39 bits per heavy atom. The second kappa shape index (κ2) is 6.07. The summed E-state index contributed by atoms with van der Waals surface area (Å²) < 4.78 is 6.58. The van der Waals surface area contributed by atoms with E-state index in [0.29, 0.717) is 12.0 Å². The first-order valence-corrected chi connectivity index (χ1v) is 7.57. The van der Waals surface area contributed by atoms with Gasteiger partial charge in [-0.1, -0.05) is 29.8 Å². The van der Waals surface area contributed by atoms with Crippen molar-refractivity contribution in [3.8, 4) is 5.75 Å². The molecule has 2 nitrogen and oxygen atoms in total. The van der Waals surface area contributed by atoms with E-state index in [4.69, 9.17) is 4.74 Å². The molecule has 1 aromatic carbocycles. The topological polar surface area (TPSA) is 21.3 Å². The maximum atomic E-state index is 5.39. The Morgan fingerprint density at radius 3 is 2.83 bits per heavy atom. The fourth-order valence-corrected chi connectivity index (χ4v) is 3.63. The highest BCUT2D eigenvalue weighted by Gasteiger charge is 2.26. The Kier molecular flexibility index (Phi) is 4.68. The predicted octanol–water partition coefficient (Wildman–Crippen LogP) is 4.40. The van der Waals surface area contributed by atoms with Crippen molar-refractivity contribution in [2.45, 2.75) is 45.1 Å². The molecule has 0 amide bonds. The first kappa shape index (κ1) is 13.9. The average molecular weight is 312 g/mol. The fourth-order valence-electron chi connectivity index (χ4n) is 2.79. The van der Waals surface area contributed by atoms with Crippen LogP contribution in [0.1, 0.15) is 56.2 Å². The van der Waals surface area contributed by atoms with Crippen LogP contribution < -0.4 is 10.1 Å². The molecular weight excluding hydrogens is 290 g/mol. The van der Waals surface area contributed by atoms with Gasteiger partial charge in [0, 0.05) is 10.5 Å². The molecule has 1 aliphatic carbocycles. The van der Waals surface area contributed by atoms with Crippen LogP contribution in [0.15, 0.2) is 16.6 Å². The van der Waals surface area contributed by atoms with Crippen LogP contribution in [-0.4, -0.2) is 13.7 Å². The zero-order valence-electron chi connectivity index (χ0n) is 11.4. The molecule has 18 heavy (non-hydrogen) atoms. The summed E-state index contributed by atoms with van der Waals surface area (Å²) in [6.45, 7) is 5.60. The minimum atomic E-state index is 0.475. The molecule has 0 heterocycles. The van der Waals surface area contributed by atoms with Gasteiger partial charge in [-0.15, -0.1) is 0 Å². The summed E-state index contributed by atoms with van der Waals surface area (Å²) in [4.78, 5) is 0. The summed E-state index contributed by atoms with van der Waals surface area (Å²) >= 11 is 3.70. The summed E-state index contributed by atoms with van der Waals surface area (Å²) in [5.41, 5.74) is 2.86. The van der Waals surface area contributed by atoms with E-state index in [0.717, 1.165) is 12.3 Å². The number of hydrogen-bond donors (Lipinski definition) is 1. The van der Waals surface area contributed by atoms with Crippen molar-refractivity contribution in [3.05, 3.63) is 27.7 Å². The number of methoxy groups -OCH3 is 1. The lowest BCUT2D eigenvalue weighted by atomic mass is 9.81. The lowest BCUT2D eigenvalue weighted by Gasteiger charge is -2.31. The van der Waals surface area contributed by atoms with Gasteiger partial charge < -0.3 is 10.1 Å². The van der Waals surface area contributed by atoms with Gasteiger partial charge in [0.25, 0.3) is 0 Å². The molecule has 1 aliphatic rings. The number of fused-ring (bicyclic) bond motifs is 1. The molecule has 3 heteroatoms. The summed E-state index contributed by atoms with van der Waals surface area (Å²) in [5, 5.41) is 3.65. The lowest BCUT2D eigenvalue weighted by Crippen LogP contribution is -2.27. The van der Waals surface area contributed by atoms with Gasteiger partial charge in [0.2, 0.25) is 0 Å². The van der Waals surface area contributed by atoms with Gasteiger partial charge in [-0.3, -0.25) is 0 Å². The Balaban J connectivity index is 2.38. The quantitative estimate of drug-likeness (QED) is 0.890. The minimum Gasteiger partial charge on any atom is -0.497 e. The first-order chi connectivity index (χ1) is 8.67. The molecule has 0 bridgehead atoms. The number of ether oxygens (including phenoxy) is 1. The first-order valence-electron chi connectivity index (χ1n) is 6.78. The third-order valence-electron chi connectivity index (χ3n) is 3.77. The van der Waals surface area contributed by atoms with Gasteiger partial charge in [0.15, 0.2) is 0 Å². The van der Waals surface area contributed by atoms with Crippen LogP contribution in [0.4, 0.5) is 0 Å². The molecule has 2 rings (SSSR count).